The molecule has 62 valence electrons. The van der Waals surface area contributed by atoms with Gasteiger partial charge in [0.2, 0.25) is 0 Å². The molecule has 0 aliphatic rings. The number of sulfonamides is 1. The largest absolute Gasteiger partial charge is 0.350 e. The van der Waals surface area contributed by atoms with Gasteiger partial charge in [0.05, 0.1) is 0 Å². The van der Waals surface area contributed by atoms with Crippen LogP contribution in [0.3, 0.4) is 0 Å². The molecule has 0 saturated heterocycles. The van der Waals surface area contributed by atoms with E-state index in [9.17, 15) is 17.2 Å². The molecule has 0 aromatic heterocycles. The van der Waals surface area contributed by atoms with Gasteiger partial charge >= 0.3 is 5.76 Å². The summed E-state index contributed by atoms with van der Waals surface area (Å²) in [5.74, 6) is -3.38. The van der Waals surface area contributed by atoms with Crippen molar-refractivity contribution in [1.29, 1.82) is 0 Å². The van der Waals surface area contributed by atoms with Gasteiger partial charge in [0, 0.05) is 13.1 Å². The van der Waals surface area contributed by atoms with Crippen LogP contribution >= 0.6 is 0 Å². The smallest absolute Gasteiger partial charge is 0.329 e. The quantitative estimate of drug-likeness (QED) is 0.579. The Bertz CT molecular complexity index is 179. The molecule has 0 aromatic rings. The van der Waals surface area contributed by atoms with E-state index in [1.165, 1.54) is 0 Å². The second-order valence-corrected chi connectivity index (χ2v) is 3.22. The SMILES string of the molecule is NCCNS(=O)(=O)C(F)F. The lowest BCUT2D eigenvalue weighted by atomic mass is 10.7. The molecule has 0 saturated carbocycles. The first-order chi connectivity index (χ1) is 4.50. The van der Waals surface area contributed by atoms with Crippen molar-refractivity contribution in [3.8, 4) is 0 Å². The third kappa shape index (κ3) is 3.04. The molecule has 0 atom stereocenters. The molecule has 0 spiro atoms. The first kappa shape index (κ1) is 9.73. The summed E-state index contributed by atoms with van der Waals surface area (Å²) in [6.45, 7) is -0.154. The maximum atomic E-state index is 11.4. The highest BCUT2D eigenvalue weighted by atomic mass is 32.2. The molecule has 0 unspecified atom stereocenters. The number of hydrogen-bond donors (Lipinski definition) is 2. The molecule has 0 aliphatic heterocycles. The molecule has 3 N–H and O–H groups in total. The predicted octanol–water partition coefficient (Wildman–Crippen LogP) is -0.913. The highest BCUT2D eigenvalue weighted by molar-refractivity contribution is 7.89. The topological polar surface area (TPSA) is 72.2 Å². The second-order valence-electron chi connectivity index (χ2n) is 1.49. The summed E-state index contributed by atoms with van der Waals surface area (Å²) < 4.78 is 44.8. The minimum Gasteiger partial charge on any atom is -0.329 e. The average molecular weight is 174 g/mol. The Morgan fingerprint density at radius 1 is 1.50 bits per heavy atom. The number of rotatable bonds is 4. The molecule has 0 aromatic carbocycles. The van der Waals surface area contributed by atoms with Gasteiger partial charge in [-0.05, 0) is 0 Å². The van der Waals surface area contributed by atoms with E-state index < -0.39 is 15.8 Å². The van der Waals surface area contributed by atoms with Crippen LogP contribution in [-0.4, -0.2) is 27.3 Å². The third-order valence-corrected chi connectivity index (χ3v) is 1.76. The summed E-state index contributed by atoms with van der Waals surface area (Å²) >= 11 is 0. The second kappa shape index (κ2) is 3.79. The van der Waals surface area contributed by atoms with Gasteiger partial charge in [0.25, 0.3) is 10.0 Å². The van der Waals surface area contributed by atoms with Crippen molar-refractivity contribution in [1.82, 2.24) is 4.72 Å². The lowest BCUT2D eigenvalue weighted by molar-refractivity contribution is 0.232. The number of nitrogens with one attached hydrogen (secondary N) is 1. The van der Waals surface area contributed by atoms with E-state index in [0.717, 1.165) is 0 Å². The number of nitrogens with two attached hydrogens (primary N) is 1. The first-order valence-corrected chi connectivity index (χ1v) is 4.02. The zero-order valence-corrected chi connectivity index (χ0v) is 5.87. The number of alkyl halides is 2. The van der Waals surface area contributed by atoms with Gasteiger partial charge in [-0.1, -0.05) is 0 Å². The monoisotopic (exact) mass is 174 g/mol. The standard InChI is InChI=1S/C3H8F2N2O2S/c4-3(5)10(8,9)7-2-1-6/h3,7H,1-2,6H2. The molecule has 0 fully saturated rings. The Morgan fingerprint density at radius 3 is 2.30 bits per heavy atom. The van der Waals surface area contributed by atoms with Crippen LogP contribution in [0.4, 0.5) is 8.78 Å². The molecule has 0 bridgehead atoms. The van der Waals surface area contributed by atoms with E-state index in [1.54, 1.807) is 4.72 Å². The molecule has 0 aliphatic carbocycles. The van der Waals surface area contributed by atoms with Crippen molar-refractivity contribution < 1.29 is 17.2 Å². The molecule has 0 amide bonds. The van der Waals surface area contributed by atoms with Gasteiger partial charge in [-0.3, -0.25) is 0 Å². The van der Waals surface area contributed by atoms with Crippen molar-refractivity contribution in [2.45, 2.75) is 5.76 Å². The fourth-order valence-corrected chi connectivity index (χ4v) is 0.793. The molecule has 10 heavy (non-hydrogen) atoms. The Kier molecular flexibility index (Phi) is 3.69. The van der Waals surface area contributed by atoms with Gasteiger partial charge in [0.1, 0.15) is 0 Å². The molecule has 0 rings (SSSR count). The Hall–Kier alpha value is -0.270. The molecular formula is C3H8F2N2O2S. The lowest BCUT2D eigenvalue weighted by Gasteiger charge is -2.01. The van der Waals surface area contributed by atoms with E-state index in [-0.39, 0.29) is 13.1 Å². The normalized spacial score (nSPS) is 12.4. The Morgan fingerprint density at radius 2 is 2.00 bits per heavy atom. The Labute approximate surface area is 57.5 Å². The van der Waals surface area contributed by atoms with Crippen LogP contribution in [-0.2, 0) is 10.0 Å². The highest BCUT2D eigenvalue weighted by Gasteiger charge is 2.22. The molecule has 0 heterocycles. The van der Waals surface area contributed by atoms with Crippen LogP contribution in [0.2, 0.25) is 0 Å². The Balaban J connectivity index is 3.90. The van der Waals surface area contributed by atoms with Gasteiger partial charge in [-0.15, -0.1) is 0 Å². The van der Waals surface area contributed by atoms with E-state index in [2.05, 4.69) is 0 Å². The van der Waals surface area contributed by atoms with E-state index in [4.69, 9.17) is 5.73 Å². The lowest BCUT2D eigenvalue weighted by Crippen LogP contribution is -2.33. The van der Waals surface area contributed by atoms with E-state index in [1.807, 2.05) is 0 Å². The molecular weight excluding hydrogens is 166 g/mol. The number of halogens is 2. The molecule has 7 heteroatoms. The van der Waals surface area contributed by atoms with Crippen molar-refractivity contribution >= 4 is 10.0 Å². The minimum absolute atomic E-state index is 0.00590. The van der Waals surface area contributed by atoms with Crippen LogP contribution in [0.15, 0.2) is 0 Å². The maximum absolute atomic E-state index is 11.4. The van der Waals surface area contributed by atoms with Crippen LogP contribution in [0.1, 0.15) is 0 Å². The third-order valence-electron chi connectivity index (χ3n) is 0.682. The minimum atomic E-state index is -4.42. The average Bonchev–Trinajstić information content (AvgIpc) is 1.84. The number of hydrogen-bond acceptors (Lipinski definition) is 3. The van der Waals surface area contributed by atoms with E-state index in [0.29, 0.717) is 0 Å². The molecule has 0 radical (unpaired) electrons. The van der Waals surface area contributed by atoms with Crippen molar-refractivity contribution in [3.63, 3.8) is 0 Å². The first-order valence-electron chi connectivity index (χ1n) is 2.47. The van der Waals surface area contributed by atoms with Crippen molar-refractivity contribution in [2.24, 2.45) is 5.73 Å². The van der Waals surface area contributed by atoms with Crippen molar-refractivity contribution in [3.05, 3.63) is 0 Å². The van der Waals surface area contributed by atoms with Gasteiger partial charge < -0.3 is 5.73 Å². The summed E-state index contributed by atoms with van der Waals surface area (Å²) in [6.07, 6.45) is 0. The zero-order chi connectivity index (χ0) is 8.20. The van der Waals surface area contributed by atoms with Crippen LogP contribution in [0, 0.1) is 0 Å². The molecule has 4 nitrogen and oxygen atoms in total. The fraction of sp³-hybridized carbons (Fsp3) is 1.00. The summed E-state index contributed by atoms with van der Waals surface area (Å²) in [6, 6.07) is 0. The summed E-state index contributed by atoms with van der Waals surface area (Å²) in [4.78, 5) is 0. The van der Waals surface area contributed by atoms with Crippen LogP contribution in [0.5, 0.6) is 0 Å². The fourth-order valence-electron chi connectivity index (χ4n) is 0.264. The van der Waals surface area contributed by atoms with Crippen LogP contribution < -0.4 is 10.5 Å². The maximum Gasteiger partial charge on any atom is 0.350 e. The van der Waals surface area contributed by atoms with E-state index >= 15 is 0 Å². The predicted molar refractivity (Wildman–Crippen MR) is 32.0 cm³/mol. The van der Waals surface area contributed by atoms with Crippen LogP contribution in [0.25, 0.3) is 0 Å². The highest BCUT2D eigenvalue weighted by Crippen LogP contribution is 1.99. The van der Waals surface area contributed by atoms with Gasteiger partial charge in [-0.2, -0.15) is 8.78 Å². The van der Waals surface area contributed by atoms with Gasteiger partial charge in [-0.25, -0.2) is 13.1 Å². The summed E-state index contributed by atoms with van der Waals surface area (Å²) in [5.41, 5.74) is 4.86. The zero-order valence-electron chi connectivity index (χ0n) is 5.05. The summed E-state index contributed by atoms with van der Waals surface area (Å²) in [5, 5.41) is 0. The summed E-state index contributed by atoms with van der Waals surface area (Å²) in [7, 11) is -4.42. The van der Waals surface area contributed by atoms with Gasteiger partial charge in [0.15, 0.2) is 0 Å². The van der Waals surface area contributed by atoms with Crippen molar-refractivity contribution in [2.75, 3.05) is 13.1 Å².